The summed E-state index contributed by atoms with van der Waals surface area (Å²) in [7, 11) is 0. The molecule has 1 atom stereocenters. The molecular weight excluding hydrogens is 374 g/mol. The monoisotopic (exact) mass is 401 g/mol. The van der Waals surface area contributed by atoms with Crippen molar-refractivity contribution in [3.8, 4) is 22.8 Å². The first-order valence-corrected chi connectivity index (χ1v) is 10.7. The number of aryl methyl sites for hydroxylation is 2. The fourth-order valence-electron chi connectivity index (χ4n) is 4.54. The summed E-state index contributed by atoms with van der Waals surface area (Å²) in [5, 5.41) is 0. The molecule has 0 unspecified atom stereocenters. The molecule has 2 aliphatic rings. The number of ether oxygens (including phenoxy) is 2. The van der Waals surface area contributed by atoms with Gasteiger partial charge in [0.05, 0.1) is 5.69 Å². The number of nitrogens with zero attached hydrogens (tertiary/aromatic N) is 3. The van der Waals surface area contributed by atoms with Crippen LogP contribution in [0.2, 0.25) is 0 Å². The van der Waals surface area contributed by atoms with E-state index in [-0.39, 0.29) is 0 Å². The van der Waals surface area contributed by atoms with Crippen LogP contribution in [-0.2, 0) is 6.54 Å². The van der Waals surface area contributed by atoms with Crippen molar-refractivity contribution in [3.63, 3.8) is 0 Å². The van der Waals surface area contributed by atoms with Gasteiger partial charge in [-0.1, -0.05) is 30.3 Å². The minimum atomic E-state index is 0.424. The molecule has 30 heavy (non-hydrogen) atoms. The van der Waals surface area contributed by atoms with Crippen molar-refractivity contribution < 1.29 is 9.47 Å². The average molecular weight is 402 g/mol. The second-order valence-corrected chi connectivity index (χ2v) is 8.17. The van der Waals surface area contributed by atoms with Crippen LogP contribution in [0.15, 0.2) is 48.5 Å². The number of hydrogen-bond acceptors (Lipinski definition) is 5. The van der Waals surface area contributed by atoms with Crippen molar-refractivity contribution in [1.29, 1.82) is 0 Å². The molecule has 5 rings (SSSR count). The Morgan fingerprint density at radius 2 is 1.73 bits per heavy atom. The summed E-state index contributed by atoms with van der Waals surface area (Å²) in [6.07, 6.45) is 2.40. The minimum absolute atomic E-state index is 0.424. The van der Waals surface area contributed by atoms with Gasteiger partial charge in [-0.2, -0.15) is 0 Å². The first-order chi connectivity index (χ1) is 14.7. The maximum absolute atomic E-state index is 5.80. The van der Waals surface area contributed by atoms with Crippen LogP contribution in [0.5, 0.6) is 11.5 Å². The summed E-state index contributed by atoms with van der Waals surface area (Å²) >= 11 is 0. The van der Waals surface area contributed by atoms with Gasteiger partial charge in [-0.25, -0.2) is 9.97 Å². The van der Waals surface area contributed by atoms with E-state index in [2.05, 4.69) is 57.3 Å². The van der Waals surface area contributed by atoms with Gasteiger partial charge in [0.2, 0.25) is 0 Å². The molecule has 0 aliphatic carbocycles. The van der Waals surface area contributed by atoms with Crippen LogP contribution in [0.3, 0.4) is 0 Å². The Hall–Kier alpha value is -2.92. The summed E-state index contributed by atoms with van der Waals surface area (Å²) in [5.74, 6) is 2.55. The first-order valence-electron chi connectivity index (χ1n) is 10.7. The lowest BCUT2D eigenvalue weighted by molar-refractivity contribution is 0.170. The normalized spacial score (nSPS) is 18.5. The van der Waals surface area contributed by atoms with E-state index in [0.29, 0.717) is 19.3 Å². The summed E-state index contributed by atoms with van der Waals surface area (Å²) in [6, 6.07) is 17.7. The van der Waals surface area contributed by atoms with E-state index >= 15 is 0 Å². The van der Waals surface area contributed by atoms with Crippen molar-refractivity contribution in [2.45, 2.75) is 39.3 Å². The van der Waals surface area contributed by atoms with E-state index in [9.17, 15) is 0 Å². The van der Waals surface area contributed by atoms with Crippen LogP contribution >= 0.6 is 0 Å². The van der Waals surface area contributed by atoms with Gasteiger partial charge in [0.25, 0.3) is 0 Å². The van der Waals surface area contributed by atoms with Gasteiger partial charge >= 0.3 is 0 Å². The Bertz CT molecular complexity index is 1030. The van der Waals surface area contributed by atoms with Gasteiger partial charge in [-0.05, 0) is 62.6 Å². The molecule has 3 heterocycles. The highest BCUT2D eigenvalue weighted by Gasteiger charge is 2.27. The molecule has 5 heteroatoms. The molecule has 2 aliphatic heterocycles. The van der Waals surface area contributed by atoms with E-state index in [1.54, 1.807) is 0 Å². The fraction of sp³-hybridized carbons (Fsp3) is 0.360. The van der Waals surface area contributed by atoms with Crippen LogP contribution < -0.4 is 9.47 Å². The van der Waals surface area contributed by atoms with E-state index in [0.717, 1.165) is 47.4 Å². The quantitative estimate of drug-likeness (QED) is 0.624. The SMILES string of the molecule is Cc1cc(-c2ccc(CN3CCC[C@@H]3c3ccc4c(c3)OCCO4)cc2)nc(C)n1. The van der Waals surface area contributed by atoms with Crippen molar-refractivity contribution >= 4 is 0 Å². The number of aromatic nitrogens is 2. The lowest BCUT2D eigenvalue weighted by atomic mass is 10.0. The molecule has 0 amide bonds. The lowest BCUT2D eigenvalue weighted by Gasteiger charge is -2.26. The third-order valence-electron chi connectivity index (χ3n) is 5.92. The highest BCUT2D eigenvalue weighted by molar-refractivity contribution is 5.59. The van der Waals surface area contributed by atoms with Gasteiger partial charge in [0.15, 0.2) is 11.5 Å². The second kappa shape index (κ2) is 8.07. The van der Waals surface area contributed by atoms with E-state index < -0.39 is 0 Å². The van der Waals surface area contributed by atoms with Gasteiger partial charge in [0.1, 0.15) is 19.0 Å². The highest BCUT2D eigenvalue weighted by atomic mass is 16.6. The van der Waals surface area contributed by atoms with Crippen LogP contribution in [-0.4, -0.2) is 34.6 Å². The second-order valence-electron chi connectivity index (χ2n) is 8.17. The van der Waals surface area contributed by atoms with Crippen LogP contribution in [0, 0.1) is 13.8 Å². The zero-order chi connectivity index (χ0) is 20.5. The maximum Gasteiger partial charge on any atom is 0.161 e. The summed E-state index contributed by atoms with van der Waals surface area (Å²) in [5.41, 5.74) is 5.77. The van der Waals surface area contributed by atoms with Gasteiger partial charge in [-0.15, -0.1) is 0 Å². The largest absolute Gasteiger partial charge is 0.486 e. The molecule has 0 bridgehead atoms. The first kappa shape index (κ1) is 19.1. The van der Waals surface area contributed by atoms with Crippen LogP contribution in [0.1, 0.15) is 41.5 Å². The Balaban J connectivity index is 1.32. The van der Waals surface area contributed by atoms with E-state index in [4.69, 9.17) is 9.47 Å². The molecule has 1 fully saturated rings. The summed E-state index contributed by atoms with van der Waals surface area (Å²) in [4.78, 5) is 11.5. The maximum atomic E-state index is 5.80. The summed E-state index contributed by atoms with van der Waals surface area (Å²) < 4.78 is 11.5. The van der Waals surface area contributed by atoms with Gasteiger partial charge in [-0.3, -0.25) is 4.90 Å². The Morgan fingerprint density at radius 1 is 0.933 bits per heavy atom. The van der Waals surface area contributed by atoms with E-state index in [1.165, 1.54) is 24.0 Å². The third-order valence-corrected chi connectivity index (χ3v) is 5.92. The molecule has 5 nitrogen and oxygen atoms in total. The van der Waals surface area contributed by atoms with Crippen molar-refractivity contribution in [2.75, 3.05) is 19.8 Å². The third kappa shape index (κ3) is 3.90. The molecule has 0 N–H and O–H groups in total. The molecule has 0 saturated carbocycles. The number of benzene rings is 2. The standard InChI is InChI=1S/C25H27N3O2/c1-17-14-22(27-18(2)26-17)20-7-5-19(6-8-20)16-28-11-3-4-23(28)21-9-10-24-25(15-21)30-13-12-29-24/h5-10,14-15,23H,3-4,11-13,16H2,1-2H3/t23-/m1/s1. The molecule has 2 aromatic carbocycles. The van der Waals surface area contributed by atoms with Crippen molar-refractivity contribution in [3.05, 3.63) is 71.2 Å². The highest BCUT2D eigenvalue weighted by Crippen LogP contribution is 2.38. The van der Waals surface area contributed by atoms with Crippen molar-refractivity contribution in [2.24, 2.45) is 0 Å². The van der Waals surface area contributed by atoms with Crippen LogP contribution in [0.4, 0.5) is 0 Å². The summed E-state index contributed by atoms with van der Waals surface area (Å²) in [6.45, 7) is 7.27. The predicted molar refractivity (Wildman–Crippen MR) is 117 cm³/mol. The number of rotatable bonds is 4. The topological polar surface area (TPSA) is 47.5 Å². The predicted octanol–water partition coefficient (Wildman–Crippen LogP) is 4.87. The fourth-order valence-corrected chi connectivity index (χ4v) is 4.54. The Morgan fingerprint density at radius 3 is 2.53 bits per heavy atom. The Kier molecular flexibility index (Phi) is 5.13. The molecule has 154 valence electrons. The minimum Gasteiger partial charge on any atom is -0.486 e. The number of fused-ring (bicyclic) bond motifs is 1. The van der Waals surface area contributed by atoms with Gasteiger partial charge < -0.3 is 9.47 Å². The molecule has 0 spiro atoms. The van der Waals surface area contributed by atoms with Crippen LogP contribution in [0.25, 0.3) is 11.3 Å². The lowest BCUT2D eigenvalue weighted by Crippen LogP contribution is -2.23. The molecule has 0 radical (unpaired) electrons. The van der Waals surface area contributed by atoms with E-state index in [1.807, 2.05) is 19.9 Å². The zero-order valence-corrected chi connectivity index (χ0v) is 17.6. The zero-order valence-electron chi connectivity index (χ0n) is 17.6. The van der Waals surface area contributed by atoms with Gasteiger partial charge in [0, 0.05) is 23.8 Å². The molecule has 1 saturated heterocycles. The molecule has 3 aromatic rings. The molecular formula is C25H27N3O2. The smallest absolute Gasteiger partial charge is 0.161 e. The number of likely N-dealkylation sites (tertiary alicyclic amines) is 1. The molecule has 1 aromatic heterocycles. The Labute approximate surface area is 177 Å². The average Bonchev–Trinajstić information content (AvgIpc) is 3.21. The number of hydrogen-bond donors (Lipinski definition) is 0. The van der Waals surface area contributed by atoms with Crippen molar-refractivity contribution in [1.82, 2.24) is 14.9 Å².